The first-order valence-electron chi connectivity index (χ1n) is 5.26. The van der Waals surface area contributed by atoms with Gasteiger partial charge in [-0.2, -0.15) is 0 Å². The Balaban J connectivity index is 0.000000396. The molecule has 0 bridgehead atoms. The highest BCUT2D eigenvalue weighted by atomic mass is 15.5. The summed E-state index contributed by atoms with van der Waals surface area (Å²) in [6.07, 6.45) is 0.525. The van der Waals surface area contributed by atoms with Crippen LogP contribution in [0, 0.1) is 0 Å². The maximum absolute atomic E-state index is 3.44. The van der Waals surface area contributed by atoms with Gasteiger partial charge in [-0.3, -0.25) is 10.3 Å². The number of hydrazine groups is 1. The Morgan fingerprint density at radius 1 is 1.23 bits per heavy atom. The van der Waals surface area contributed by atoms with Gasteiger partial charge in [-0.05, 0) is 13.8 Å². The lowest BCUT2D eigenvalue weighted by Gasteiger charge is -2.37. The van der Waals surface area contributed by atoms with Crippen LogP contribution in [0.5, 0.6) is 0 Å². The summed E-state index contributed by atoms with van der Waals surface area (Å²) in [7, 11) is 0. The van der Waals surface area contributed by atoms with Gasteiger partial charge in [0.05, 0.1) is 12.8 Å². The molecule has 0 radical (unpaired) electrons. The molecule has 0 saturated carbocycles. The molecule has 3 N–H and O–H groups in total. The van der Waals surface area contributed by atoms with Crippen LogP contribution in [0.4, 0.5) is 0 Å². The van der Waals surface area contributed by atoms with Gasteiger partial charge in [-0.15, -0.1) is 0 Å². The van der Waals surface area contributed by atoms with Crippen molar-refractivity contribution < 1.29 is 0 Å². The summed E-state index contributed by atoms with van der Waals surface area (Å²) in [5.74, 6) is 0. The second-order valence-electron chi connectivity index (χ2n) is 3.43. The molecule has 78 valence electrons. The highest BCUT2D eigenvalue weighted by molar-refractivity contribution is 4.92. The fourth-order valence-electron chi connectivity index (χ4n) is 1.93. The Morgan fingerprint density at radius 2 is 1.92 bits per heavy atom. The highest BCUT2D eigenvalue weighted by Crippen LogP contribution is 2.14. The summed E-state index contributed by atoms with van der Waals surface area (Å²) < 4.78 is 0. The fraction of sp³-hybridized carbons (Fsp3) is 1.00. The van der Waals surface area contributed by atoms with Crippen molar-refractivity contribution in [2.45, 2.75) is 45.9 Å². The Labute approximate surface area is 81.0 Å². The van der Waals surface area contributed by atoms with E-state index in [-0.39, 0.29) is 0 Å². The van der Waals surface area contributed by atoms with E-state index in [9.17, 15) is 0 Å². The molecule has 4 heteroatoms. The number of hydrogen-bond acceptors (Lipinski definition) is 4. The van der Waals surface area contributed by atoms with Crippen LogP contribution < -0.4 is 16.2 Å². The molecule has 3 unspecified atom stereocenters. The predicted molar refractivity (Wildman–Crippen MR) is 55.0 cm³/mol. The molecule has 0 amide bonds. The van der Waals surface area contributed by atoms with Crippen molar-refractivity contribution in [3.63, 3.8) is 0 Å². The van der Waals surface area contributed by atoms with Gasteiger partial charge < -0.3 is 5.32 Å². The average Bonchev–Trinajstić information content (AvgIpc) is 2.53. The molecular weight excluding hydrogens is 164 g/mol. The molecule has 2 aliphatic heterocycles. The molecule has 13 heavy (non-hydrogen) atoms. The summed E-state index contributed by atoms with van der Waals surface area (Å²) in [6.45, 7) is 10.5. The summed E-state index contributed by atoms with van der Waals surface area (Å²) in [5.41, 5.74) is 6.41. The van der Waals surface area contributed by atoms with Crippen LogP contribution in [0.2, 0.25) is 0 Å². The zero-order valence-corrected chi connectivity index (χ0v) is 9.09. The second-order valence-corrected chi connectivity index (χ2v) is 3.43. The van der Waals surface area contributed by atoms with Gasteiger partial charge in [0.25, 0.3) is 0 Å². The van der Waals surface area contributed by atoms with Gasteiger partial charge in [0.15, 0.2) is 0 Å². The highest BCUT2D eigenvalue weighted by Gasteiger charge is 2.35. The van der Waals surface area contributed by atoms with Crippen molar-refractivity contribution in [1.82, 2.24) is 21.1 Å². The van der Waals surface area contributed by atoms with E-state index < -0.39 is 0 Å². The van der Waals surface area contributed by atoms with Crippen molar-refractivity contribution in [3.05, 3.63) is 0 Å². The molecule has 2 heterocycles. The maximum atomic E-state index is 3.44. The van der Waals surface area contributed by atoms with Crippen LogP contribution in [0.25, 0.3) is 0 Å². The molecule has 2 aliphatic rings. The molecule has 2 rings (SSSR count). The van der Waals surface area contributed by atoms with E-state index in [0.717, 1.165) is 13.2 Å². The van der Waals surface area contributed by atoms with Crippen LogP contribution in [0.15, 0.2) is 0 Å². The van der Waals surface area contributed by atoms with Crippen molar-refractivity contribution >= 4 is 0 Å². The minimum atomic E-state index is 0.525. The van der Waals surface area contributed by atoms with Crippen LogP contribution >= 0.6 is 0 Å². The standard InChI is InChI=1S/C7H16N4.C2H6/c1-5-7-3-8-6(2)11(7)4-9-10-5;1-2/h5-10H,3-4H2,1-2H3;1-2H3. The number of nitrogens with one attached hydrogen (secondary N) is 3. The summed E-state index contributed by atoms with van der Waals surface area (Å²) in [4.78, 5) is 2.45. The summed E-state index contributed by atoms with van der Waals surface area (Å²) in [5, 5.41) is 3.44. The Morgan fingerprint density at radius 3 is 2.54 bits per heavy atom. The number of rotatable bonds is 0. The monoisotopic (exact) mass is 186 g/mol. The van der Waals surface area contributed by atoms with Crippen LogP contribution in [-0.4, -0.2) is 36.4 Å². The fourth-order valence-corrected chi connectivity index (χ4v) is 1.93. The quantitative estimate of drug-likeness (QED) is 0.501. The van der Waals surface area contributed by atoms with Gasteiger partial charge in [-0.1, -0.05) is 13.8 Å². The maximum Gasteiger partial charge on any atom is 0.0632 e. The molecule has 3 atom stereocenters. The molecule has 0 aromatic carbocycles. The minimum Gasteiger partial charge on any atom is -0.300 e. The molecule has 0 aromatic heterocycles. The molecule has 4 nitrogen and oxygen atoms in total. The van der Waals surface area contributed by atoms with Crippen LogP contribution in [-0.2, 0) is 0 Å². The van der Waals surface area contributed by atoms with Gasteiger partial charge in [0, 0.05) is 18.6 Å². The third-order valence-corrected chi connectivity index (χ3v) is 2.71. The van der Waals surface area contributed by atoms with Crippen molar-refractivity contribution in [2.75, 3.05) is 13.2 Å². The van der Waals surface area contributed by atoms with E-state index in [1.807, 2.05) is 13.8 Å². The lowest BCUT2D eigenvalue weighted by molar-refractivity contribution is 0.1000. The topological polar surface area (TPSA) is 39.3 Å². The lowest BCUT2D eigenvalue weighted by atomic mass is 10.1. The Kier molecular flexibility index (Phi) is 4.12. The van der Waals surface area contributed by atoms with Gasteiger partial charge in [-0.25, -0.2) is 5.43 Å². The summed E-state index contributed by atoms with van der Waals surface area (Å²) in [6, 6.07) is 1.20. The zero-order chi connectivity index (χ0) is 9.84. The van der Waals surface area contributed by atoms with E-state index in [1.54, 1.807) is 0 Å². The molecule has 2 fully saturated rings. The second kappa shape index (κ2) is 4.91. The molecular formula is C9H22N4. The molecule has 0 spiro atoms. The van der Waals surface area contributed by atoms with Gasteiger partial charge in [0.2, 0.25) is 0 Å². The number of fused-ring (bicyclic) bond motifs is 1. The normalized spacial score (nSPS) is 39.2. The molecule has 0 aliphatic carbocycles. The van der Waals surface area contributed by atoms with E-state index in [2.05, 4.69) is 34.9 Å². The first kappa shape index (κ1) is 10.9. The van der Waals surface area contributed by atoms with E-state index in [0.29, 0.717) is 18.2 Å². The van der Waals surface area contributed by atoms with Crippen molar-refractivity contribution in [2.24, 2.45) is 0 Å². The summed E-state index contributed by atoms with van der Waals surface area (Å²) >= 11 is 0. The van der Waals surface area contributed by atoms with E-state index >= 15 is 0 Å². The lowest BCUT2D eigenvalue weighted by Crippen LogP contribution is -2.62. The first-order valence-corrected chi connectivity index (χ1v) is 5.26. The van der Waals surface area contributed by atoms with Crippen molar-refractivity contribution in [3.8, 4) is 0 Å². The number of nitrogens with zero attached hydrogens (tertiary/aromatic N) is 1. The minimum absolute atomic E-state index is 0.525. The largest absolute Gasteiger partial charge is 0.300 e. The first-order chi connectivity index (χ1) is 6.29. The predicted octanol–water partition coefficient (Wildman–Crippen LogP) is 0.0862. The third kappa shape index (κ3) is 2.20. The molecule has 2 saturated heterocycles. The smallest absolute Gasteiger partial charge is 0.0632 e. The van der Waals surface area contributed by atoms with Crippen molar-refractivity contribution in [1.29, 1.82) is 0 Å². The van der Waals surface area contributed by atoms with E-state index in [4.69, 9.17) is 0 Å². The third-order valence-electron chi connectivity index (χ3n) is 2.71. The average molecular weight is 186 g/mol. The van der Waals surface area contributed by atoms with Gasteiger partial charge >= 0.3 is 0 Å². The SMILES string of the molecule is CC.CC1NNCN2C(C)NCC12. The van der Waals surface area contributed by atoms with E-state index in [1.165, 1.54) is 0 Å². The zero-order valence-electron chi connectivity index (χ0n) is 9.09. The van der Waals surface area contributed by atoms with Crippen LogP contribution in [0.1, 0.15) is 27.7 Å². The van der Waals surface area contributed by atoms with Crippen LogP contribution in [0.3, 0.4) is 0 Å². The van der Waals surface area contributed by atoms with Gasteiger partial charge in [0.1, 0.15) is 0 Å². The number of hydrogen-bond donors (Lipinski definition) is 3. The Bertz CT molecular complexity index is 149. The molecule has 0 aromatic rings. The Hall–Kier alpha value is -0.160.